The van der Waals surface area contributed by atoms with Crippen molar-refractivity contribution in [1.82, 2.24) is 39.2 Å². The quantitative estimate of drug-likeness (QED) is 0.201. The molecule has 0 bridgehead atoms. The summed E-state index contributed by atoms with van der Waals surface area (Å²) in [6.45, 7) is 79.7. The third-order valence-electron chi connectivity index (χ3n) is 25.9. The molecule has 8 saturated heterocycles. The first-order chi connectivity index (χ1) is 41.6. The lowest BCUT2D eigenvalue weighted by atomic mass is 9.55. The summed E-state index contributed by atoms with van der Waals surface area (Å²) in [5.74, 6) is 6.62. The second-order valence-electron chi connectivity index (χ2n) is 37.5. The minimum atomic E-state index is 0.161. The summed E-state index contributed by atoms with van der Waals surface area (Å²) in [6.07, 6.45) is 24.8. The van der Waals surface area contributed by atoms with Crippen molar-refractivity contribution >= 4 is 0 Å². The van der Waals surface area contributed by atoms with Gasteiger partial charge in [0, 0.05) is 132 Å². The van der Waals surface area contributed by atoms with Crippen molar-refractivity contribution in [3.05, 3.63) is 0 Å². The molecule has 0 aromatic rings. The molecule has 12 fully saturated rings. The Bertz CT molecular complexity index is 1800. The Morgan fingerprint density at radius 2 is 0.539 bits per heavy atom. The molecule has 12 aliphatic rings. The summed E-state index contributed by atoms with van der Waals surface area (Å²) in [6, 6.07) is 5.87. The van der Waals surface area contributed by atoms with E-state index < -0.39 is 0 Å². The number of rotatable bonds is 11. The molecule has 0 N–H and O–H groups in total. The van der Waals surface area contributed by atoms with Gasteiger partial charge in [0.15, 0.2) is 0 Å². The predicted molar refractivity (Wildman–Crippen MR) is 389 cm³/mol. The van der Waals surface area contributed by atoms with E-state index in [9.17, 15) is 0 Å². The lowest BCUT2D eigenvalue weighted by Gasteiger charge is -2.62. The fourth-order valence-corrected chi connectivity index (χ4v) is 18.1. The second kappa shape index (κ2) is 33.7. The maximum absolute atomic E-state index is 6.15. The Balaban J connectivity index is 0.000000169. The van der Waals surface area contributed by atoms with Crippen LogP contribution in [0.4, 0.5) is 0 Å². The van der Waals surface area contributed by atoms with Crippen LogP contribution >= 0.6 is 0 Å². The summed E-state index contributed by atoms with van der Waals surface area (Å²) in [5.41, 5.74) is 3.93. The van der Waals surface area contributed by atoms with Gasteiger partial charge in [-0.15, -0.1) is 0 Å². The molecule has 0 aromatic heterocycles. The number of hydrogen-bond donors (Lipinski definition) is 0. The smallest absolute Gasteiger partial charge is 0.0833 e. The minimum absolute atomic E-state index is 0.161. The van der Waals surface area contributed by atoms with Crippen LogP contribution in [0.15, 0.2) is 0 Å². The molecule has 6 spiro atoms. The van der Waals surface area contributed by atoms with Gasteiger partial charge >= 0.3 is 0 Å². The standard InChI is InChI=1S/C16H31N.C14H28N2O.C14H27N.C12H23N.C11H22N2.C9H17N.C4H10/c1-13(2)15-5-7-16(8-6-15)9-11-17(12-10-16)14(3)4;1-12(2)15-7-5-14(6-8-15)11-16(13(3)4)9-10-17-14;1-11(2)13-5-6-14(9-13)7-8-15(10-14)12(3)4;1-9(2)11-5-12(6-11)7-13(8-12)10(3)4;1-9(2)12-5-11(6-12)7-13(8-11)10(3)4;1-8(2)10-6-5-9(7-10)3-4-9;1-4(2)3/h13-15H,5-12H2,1-4H3;12-13H,5-11H2,1-4H3;11-13H,5-10H2,1-4H3;9-11H,5-8H2,1-4H3;9-10H,5-8H2,1-4H3;8H,3-7H2,1-2H3;4H,1-3H3. The Morgan fingerprint density at radius 1 is 0.247 bits per heavy atom. The molecule has 9 heteroatoms. The average Bonchev–Trinajstić information content (AvgIpc) is 1.70. The lowest BCUT2D eigenvalue weighted by Crippen LogP contribution is -2.73. The van der Waals surface area contributed by atoms with Crippen molar-refractivity contribution < 1.29 is 4.74 Å². The SMILES string of the molecule is CC(C)C.CC(C)C1CC2(C1)CN(C(C)C)C2.CC(C)C1CCC2(CC1)CCN(C(C)C)CC2.CC(C)C1CCC2(CCN(C(C)C)C2)C1.CC(C)N1CC2(C1)CN(C(C)C)C2.CC(C)N1CCC2(CC1)CN(C(C)C)CCO2.CC(C)N1CCC2(CC2)C1. The van der Waals surface area contributed by atoms with Gasteiger partial charge in [0.2, 0.25) is 0 Å². The largest absolute Gasteiger partial charge is 0.372 e. The van der Waals surface area contributed by atoms with Crippen molar-refractivity contribution in [2.45, 2.75) is 336 Å². The molecule has 12 rings (SSSR count). The molecule has 8 aliphatic heterocycles. The molecular weight excluding hydrogens is 1090 g/mol. The zero-order chi connectivity index (χ0) is 66.0. The molecule has 0 aromatic carbocycles. The molecule has 8 heterocycles. The maximum atomic E-state index is 6.15. The minimum Gasteiger partial charge on any atom is -0.372 e. The van der Waals surface area contributed by atoms with Crippen molar-refractivity contribution in [1.29, 1.82) is 0 Å². The number of hydrogen-bond acceptors (Lipinski definition) is 9. The van der Waals surface area contributed by atoms with Gasteiger partial charge in [-0.25, -0.2) is 0 Å². The highest BCUT2D eigenvalue weighted by atomic mass is 16.5. The van der Waals surface area contributed by atoms with Crippen LogP contribution < -0.4 is 0 Å². The van der Waals surface area contributed by atoms with E-state index in [1.54, 1.807) is 0 Å². The van der Waals surface area contributed by atoms with E-state index in [1.807, 2.05) is 0 Å². The normalized spacial score (nSPS) is 29.4. The van der Waals surface area contributed by atoms with Crippen molar-refractivity contribution in [2.24, 2.45) is 68.5 Å². The van der Waals surface area contributed by atoms with Crippen LogP contribution in [0.25, 0.3) is 0 Å². The van der Waals surface area contributed by atoms with Crippen LogP contribution in [-0.2, 0) is 4.74 Å². The first-order valence-corrected chi connectivity index (χ1v) is 39.1. The number of likely N-dealkylation sites (tertiary alicyclic amines) is 7. The number of morpholine rings is 1. The zero-order valence-electron chi connectivity index (χ0n) is 64.7. The summed E-state index contributed by atoms with van der Waals surface area (Å²) in [7, 11) is 0. The molecule has 2 unspecified atom stereocenters. The second-order valence-corrected chi connectivity index (χ2v) is 37.5. The molecule has 4 aliphatic carbocycles. The van der Waals surface area contributed by atoms with Gasteiger partial charge in [0.1, 0.15) is 0 Å². The highest BCUT2D eigenvalue weighted by Gasteiger charge is 2.54. The monoisotopic (exact) mass is 1250 g/mol. The summed E-state index contributed by atoms with van der Waals surface area (Å²) in [5, 5.41) is 0. The first kappa shape index (κ1) is 77.6. The van der Waals surface area contributed by atoms with E-state index >= 15 is 0 Å². The van der Waals surface area contributed by atoms with Gasteiger partial charge < -0.3 is 24.3 Å². The number of nitrogens with zero attached hydrogens (tertiary/aromatic N) is 8. The van der Waals surface area contributed by atoms with Gasteiger partial charge in [-0.05, 0) is 309 Å². The van der Waals surface area contributed by atoms with Crippen LogP contribution in [-0.4, -0.2) is 204 Å². The van der Waals surface area contributed by atoms with Crippen LogP contribution in [0.3, 0.4) is 0 Å². The zero-order valence-corrected chi connectivity index (χ0v) is 64.7. The van der Waals surface area contributed by atoms with Crippen LogP contribution in [0.2, 0.25) is 0 Å². The molecule has 524 valence electrons. The van der Waals surface area contributed by atoms with Crippen molar-refractivity contribution in [2.75, 3.05) is 111 Å². The molecule has 0 amide bonds. The molecule has 9 nitrogen and oxygen atoms in total. The molecule has 4 saturated carbocycles. The summed E-state index contributed by atoms with van der Waals surface area (Å²) in [4.78, 5) is 20.9. The average molecular weight is 1250 g/mol. The van der Waals surface area contributed by atoms with Crippen LogP contribution in [0.1, 0.15) is 282 Å². The Kier molecular flexibility index (Phi) is 29.4. The predicted octanol–water partition coefficient (Wildman–Crippen LogP) is 17.6. The Hall–Kier alpha value is -0.360. The Labute approximate surface area is 557 Å². The van der Waals surface area contributed by atoms with Crippen molar-refractivity contribution in [3.63, 3.8) is 0 Å². The van der Waals surface area contributed by atoms with Crippen LogP contribution in [0, 0.1) is 68.5 Å². The molecule has 0 radical (unpaired) electrons. The summed E-state index contributed by atoms with van der Waals surface area (Å²) < 4.78 is 6.15. The van der Waals surface area contributed by atoms with E-state index in [-0.39, 0.29) is 5.60 Å². The maximum Gasteiger partial charge on any atom is 0.0833 e. The van der Waals surface area contributed by atoms with Gasteiger partial charge in [0.05, 0.1) is 12.2 Å². The van der Waals surface area contributed by atoms with Gasteiger partial charge in [0.25, 0.3) is 0 Å². The van der Waals surface area contributed by atoms with Crippen LogP contribution in [0.5, 0.6) is 0 Å². The van der Waals surface area contributed by atoms with Gasteiger partial charge in [-0.2, -0.15) is 0 Å². The molecular formula is C80H158N8O. The number of ether oxygens (including phenoxy) is 1. The number of piperidine rings is 2. The highest BCUT2D eigenvalue weighted by Crippen LogP contribution is 2.56. The third-order valence-corrected chi connectivity index (χ3v) is 25.9. The topological polar surface area (TPSA) is 35.2 Å². The van der Waals surface area contributed by atoms with Gasteiger partial charge in [-0.1, -0.05) is 62.3 Å². The fraction of sp³-hybridized carbons (Fsp3) is 1.00. The van der Waals surface area contributed by atoms with E-state index in [2.05, 4.69) is 212 Å². The van der Waals surface area contributed by atoms with E-state index in [1.165, 1.54) is 201 Å². The lowest BCUT2D eigenvalue weighted by molar-refractivity contribution is -0.143. The van der Waals surface area contributed by atoms with E-state index in [4.69, 9.17) is 4.74 Å². The fourth-order valence-electron chi connectivity index (χ4n) is 18.1. The van der Waals surface area contributed by atoms with E-state index in [0.29, 0.717) is 17.5 Å². The third kappa shape index (κ3) is 22.3. The van der Waals surface area contributed by atoms with E-state index in [0.717, 1.165) is 119 Å². The molecule has 2 atom stereocenters. The van der Waals surface area contributed by atoms with Crippen molar-refractivity contribution in [3.8, 4) is 0 Å². The molecule has 89 heavy (non-hydrogen) atoms. The van der Waals surface area contributed by atoms with Gasteiger partial charge in [-0.3, -0.25) is 19.6 Å². The first-order valence-electron chi connectivity index (χ1n) is 39.1. The highest BCUT2D eigenvalue weighted by molar-refractivity contribution is 5.08. The summed E-state index contributed by atoms with van der Waals surface area (Å²) >= 11 is 0. The Morgan fingerprint density at radius 3 is 0.888 bits per heavy atom.